The molecule has 1 saturated heterocycles. The molecule has 0 atom stereocenters. The van der Waals surface area contributed by atoms with Gasteiger partial charge in [0.05, 0.1) is 11.0 Å². The third-order valence-electron chi connectivity index (χ3n) is 5.27. The number of hydrogen-bond acceptors (Lipinski definition) is 5. The molecule has 0 amide bonds. The third-order valence-corrected chi connectivity index (χ3v) is 5.27. The number of hydrogen-bond donors (Lipinski definition) is 0. The Morgan fingerprint density at radius 3 is 2.65 bits per heavy atom. The molecule has 1 aliphatic rings. The Morgan fingerprint density at radius 1 is 1.00 bits per heavy atom. The predicted molar refractivity (Wildman–Crippen MR) is 104 cm³/mol. The van der Waals surface area contributed by atoms with Gasteiger partial charge in [0.25, 0.3) is 0 Å². The number of para-hydroxylation sites is 1. The van der Waals surface area contributed by atoms with Crippen molar-refractivity contribution in [1.29, 1.82) is 0 Å². The molecule has 0 saturated carbocycles. The molecule has 4 rings (SSSR count). The predicted octanol–water partition coefficient (Wildman–Crippen LogP) is 3.12. The van der Waals surface area contributed by atoms with Crippen LogP contribution in [-0.2, 0) is 13.1 Å². The second-order valence-corrected chi connectivity index (χ2v) is 7.14. The van der Waals surface area contributed by atoms with E-state index in [-0.39, 0.29) is 0 Å². The van der Waals surface area contributed by atoms with Crippen LogP contribution in [0.2, 0.25) is 0 Å². The van der Waals surface area contributed by atoms with Gasteiger partial charge in [0.15, 0.2) is 0 Å². The van der Waals surface area contributed by atoms with Crippen LogP contribution in [0.25, 0.3) is 11.0 Å². The van der Waals surface area contributed by atoms with Gasteiger partial charge in [0.2, 0.25) is 0 Å². The fourth-order valence-electron chi connectivity index (χ4n) is 3.80. The lowest BCUT2D eigenvalue weighted by Crippen LogP contribution is -2.43. The molecule has 0 spiro atoms. The Morgan fingerprint density at radius 2 is 1.85 bits per heavy atom. The molecule has 26 heavy (non-hydrogen) atoms. The highest BCUT2D eigenvalue weighted by atomic mass is 15.2. The average molecular weight is 347 g/mol. The van der Waals surface area contributed by atoms with E-state index in [1.54, 1.807) is 12.4 Å². The van der Waals surface area contributed by atoms with Crippen LogP contribution in [0, 0.1) is 0 Å². The lowest BCUT2D eigenvalue weighted by molar-refractivity contribution is 0.108. The van der Waals surface area contributed by atoms with Crippen molar-refractivity contribution in [2.75, 3.05) is 20.1 Å². The molecule has 0 aliphatic carbocycles. The molecular weight excluding hydrogens is 322 g/mol. The fourth-order valence-corrected chi connectivity index (χ4v) is 3.80. The van der Waals surface area contributed by atoms with Crippen molar-refractivity contribution < 1.29 is 0 Å². The fraction of sp³-hybridized carbons (Fsp3) is 0.381. The minimum atomic E-state index is 0.582. The van der Waals surface area contributed by atoms with E-state index < -0.39 is 0 Å². The second kappa shape index (κ2) is 7.89. The average Bonchev–Trinajstić information content (AvgIpc) is 2.69. The maximum absolute atomic E-state index is 4.59. The highest BCUT2D eigenvalue weighted by Crippen LogP contribution is 2.23. The molecule has 1 fully saturated rings. The van der Waals surface area contributed by atoms with Gasteiger partial charge in [-0.05, 0) is 56.2 Å². The summed E-state index contributed by atoms with van der Waals surface area (Å²) in [6.07, 6.45) is 9.76. The van der Waals surface area contributed by atoms with Crippen LogP contribution in [0.4, 0.5) is 0 Å². The molecule has 3 heterocycles. The van der Waals surface area contributed by atoms with Crippen LogP contribution < -0.4 is 0 Å². The summed E-state index contributed by atoms with van der Waals surface area (Å²) in [5.74, 6) is 0. The second-order valence-electron chi connectivity index (χ2n) is 7.14. The summed E-state index contributed by atoms with van der Waals surface area (Å²) in [7, 11) is 2.21. The molecule has 5 heteroatoms. The minimum Gasteiger partial charge on any atom is -0.306 e. The smallest absolute Gasteiger partial charge is 0.0931 e. The third kappa shape index (κ3) is 3.89. The summed E-state index contributed by atoms with van der Waals surface area (Å²) in [6, 6.07) is 11.1. The van der Waals surface area contributed by atoms with Crippen molar-refractivity contribution in [3.05, 3.63) is 66.2 Å². The van der Waals surface area contributed by atoms with Crippen LogP contribution in [0.15, 0.2) is 55.1 Å². The number of fused-ring (bicyclic) bond motifs is 1. The first-order valence-electron chi connectivity index (χ1n) is 9.30. The topological polar surface area (TPSA) is 45.2 Å². The zero-order chi connectivity index (χ0) is 17.8. The lowest BCUT2D eigenvalue weighted by atomic mass is 10.0. The first kappa shape index (κ1) is 17.1. The molecule has 0 unspecified atom stereocenters. The largest absolute Gasteiger partial charge is 0.306 e. The number of piperidine rings is 1. The minimum absolute atomic E-state index is 0.582. The molecule has 1 aliphatic heterocycles. The quantitative estimate of drug-likeness (QED) is 0.709. The summed E-state index contributed by atoms with van der Waals surface area (Å²) in [6.45, 7) is 4.12. The maximum atomic E-state index is 4.59. The summed E-state index contributed by atoms with van der Waals surface area (Å²) in [4.78, 5) is 18.4. The molecule has 1 aromatic carbocycles. The highest BCUT2D eigenvalue weighted by Gasteiger charge is 2.24. The Kier molecular flexibility index (Phi) is 5.18. The van der Waals surface area contributed by atoms with Crippen LogP contribution in [0.5, 0.6) is 0 Å². The Hall–Kier alpha value is -2.37. The van der Waals surface area contributed by atoms with Crippen molar-refractivity contribution in [3.8, 4) is 0 Å². The van der Waals surface area contributed by atoms with Crippen molar-refractivity contribution in [2.24, 2.45) is 0 Å². The van der Waals surface area contributed by atoms with Gasteiger partial charge in [0.1, 0.15) is 0 Å². The Bertz CT molecular complexity index is 838. The molecule has 0 N–H and O–H groups in total. The van der Waals surface area contributed by atoms with E-state index in [4.69, 9.17) is 0 Å². The number of benzene rings is 1. The lowest BCUT2D eigenvalue weighted by Gasteiger charge is -2.37. The molecule has 134 valence electrons. The van der Waals surface area contributed by atoms with E-state index >= 15 is 0 Å². The van der Waals surface area contributed by atoms with Gasteiger partial charge in [-0.15, -0.1) is 0 Å². The number of nitrogens with zero attached hydrogens (tertiary/aromatic N) is 5. The first-order chi connectivity index (χ1) is 12.8. The van der Waals surface area contributed by atoms with Gasteiger partial charge < -0.3 is 4.90 Å². The van der Waals surface area contributed by atoms with Gasteiger partial charge in [-0.1, -0.05) is 18.2 Å². The zero-order valence-electron chi connectivity index (χ0n) is 15.3. The van der Waals surface area contributed by atoms with Crippen molar-refractivity contribution in [3.63, 3.8) is 0 Å². The van der Waals surface area contributed by atoms with Gasteiger partial charge in [-0.25, -0.2) is 0 Å². The molecule has 0 bridgehead atoms. The van der Waals surface area contributed by atoms with Crippen LogP contribution in [0.1, 0.15) is 24.0 Å². The molecule has 0 radical (unpaired) electrons. The van der Waals surface area contributed by atoms with Crippen LogP contribution in [0.3, 0.4) is 0 Å². The zero-order valence-corrected chi connectivity index (χ0v) is 15.3. The number of aromatic nitrogens is 3. The van der Waals surface area contributed by atoms with Gasteiger partial charge in [-0.3, -0.25) is 19.9 Å². The van der Waals surface area contributed by atoms with E-state index in [0.29, 0.717) is 6.04 Å². The SMILES string of the molecule is CN1CCC(N(Cc2cccnc2)Cc2cccc3nccnc23)CC1. The summed E-state index contributed by atoms with van der Waals surface area (Å²) < 4.78 is 0. The van der Waals surface area contributed by atoms with Gasteiger partial charge in [0, 0.05) is 43.9 Å². The van der Waals surface area contributed by atoms with Crippen molar-refractivity contribution >= 4 is 11.0 Å². The van der Waals surface area contributed by atoms with E-state index in [1.165, 1.54) is 24.0 Å². The summed E-state index contributed by atoms with van der Waals surface area (Å²) >= 11 is 0. The normalized spacial score (nSPS) is 16.4. The highest BCUT2D eigenvalue weighted by molar-refractivity contribution is 5.77. The summed E-state index contributed by atoms with van der Waals surface area (Å²) in [5.41, 5.74) is 4.49. The molecular formula is C21H25N5. The van der Waals surface area contributed by atoms with Crippen LogP contribution in [-0.4, -0.2) is 50.9 Å². The standard InChI is InChI=1S/C21H25N5/c1-25-12-7-19(8-13-25)26(15-17-4-3-9-22-14-17)16-18-5-2-6-20-21(18)24-11-10-23-20/h2-6,9-11,14,19H,7-8,12-13,15-16H2,1H3. The van der Waals surface area contributed by atoms with E-state index in [0.717, 1.165) is 37.2 Å². The number of pyridine rings is 1. The maximum Gasteiger partial charge on any atom is 0.0931 e. The monoisotopic (exact) mass is 347 g/mol. The number of rotatable bonds is 5. The summed E-state index contributed by atoms with van der Waals surface area (Å²) in [5, 5.41) is 0. The number of likely N-dealkylation sites (tertiary alicyclic amines) is 1. The van der Waals surface area contributed by atoms with Crippen molar-refractivity contribution in [1.82, 2.24) is 24.8 Å². The van der Waals surface area contributed by atoms with Gasteiger partial charge in [-0.2, -0.15) is 0 Å². The first-order valence-corrected chi connectivity index (χ1v) is 9.30. The molecule has 5 nitrogen and oxygen atoms in total. The van der Waals surface area contributed by atoms with Gasteiger partial charge >= 0.3 is 0 Å². The van der Waals surface area contributed by atoms with E-state index in [2.05, 4.69) is 50.0 Å². The Labute approximate surface area is 154 Å². The molecule has 2 aromatic heterocycles. The van der Waals surface area contributed by atoms with Crippen molar-refractivity contribution in [2.45, 2.75) is 32.0 Å². The van der Waals surface area contributed by atoms with E-state index in [1.807, 2.05) is 24.5 Å². The molecule has 3 aromatic rings. The Balaban J connectivity index is 1.61. The van der Waals surface area contributed by atoms with E-state index in [9.17, 15) is 0 Å². The van der Waals surface area contributed by atoms with Crippen LogP contribution >= 0.6 is 0 Å².